The molecule has 1 aliphatic heterocycles. The van der Waals surface area contributed by atoms with Gasteiger partial charge in [-0.3, -0.25) is 14.5 Å². The number of ketones is 1. The lowest BCUT2D eigenvalue weighted by atomic mass is 9.95. The number of nitrogens with zero attached hydrogens (tertiary/aromatic N) is 1. The monoisotopic (exact) mass is 487 g/mol. The number of amides is 1. The van der Waals surface area contributed by atoms with Gasteiger partial charge in [0.15, 0.2) is 0 Å². The van der Waals surface area contributed by atoms with Gasteiger partial charge >= 0.3 is 5.97 Å². The van der Waals surface area contributed by atoms with E-state index in [0.717, 1.165) is 0 Å². The molecule has 8 nitrogen and oxygen atoms in total. The molecule has 3 aromatic rings. The standard InChI is InChI=1S/C28H25NO7/c1-4-36-28(33)19-10-5-11-20(14-19)29-24(17-8-6-12-21(15-17)34-2)23(26(31)27(29)32)25(30)18-9-7-13-22(16-18)35-3/h5-16,24,30H,4H2,1-3H3/b25-23+. The minimum atomic E-state index is -0.983. The quantitative estimate of drug-likeness (QED) is 0.226. The zero-order valence-corrected chi connectivity index (χ0v) is 20.1. The van der Waals surface area contributed by atoms with E-state index < -0.39 is 23.7 Å². The smallest absolute Gasteiger partial charge is 0.338 e. The van der Waals surface area contributed by atoms with Gasteiger partial charge in [0.2, 0.25) is 0 Å². The minimum absolute atomic E-state index is 0.0944. The number of benzene rings is 3. The Kier molecular flexibility index (Phi) is 7.05. The van der Waals surface area contributed by atoms with Crippen LogP contribution < -0.4 is 14.4 Å². The summed E-state index contributed by atoms with van der Waals surface area (Å²) >= 11 is 0. The fourth-order valence-electron chi connectivity index (χ4n) is 4.15. The molecule has 1 heterocycles. The molecule has 0 radical (unpaired) electrons. The molecule has 3 aromatic carbocycles. The highest BCUT2D eigenvalue weighted by atomic mass is 16.5. The molecule has 1 fully saturated rings. The van der Waals surface area contributed by atoms with Crippen molar-refractivity contribution in [2.24, 2.45) is 0 Å². The first kappa shape index (κ1) is 24.5. The van der Waals surface area contributed by atoms with Gasteiger partial charge in [0, 0.05) is 11.3 Å². The van der Waals surface area contributed by atoms with Gasteiger partial charge in [-0.15, -0.1) is 0 Å². The van der Waals surface area contributed by atoms with Crippen LogP contribution in [0.2, 0.25) is 0 Å². The zero-order valence-electron chi connectivity index (χ0n) is 20.1. The molecule has 0 aliphatic carbocycles. The van der Waals surface area contributed by atoms with Crippen molar-refractivity contribution in [3.63, 3.8) is 0 Å². The van der Waals surface area contributed by atoms with Crippen molar-refractivity contribution >= 4 is 29.1 Å². The Bertz CT molecular complexity index is 1360. The number of anilines is 1. The maximum Gasteiger partial charge on any atom is 0.338 e. The number of Topliss-reactive ketones (excluding diaryl/α,β-unsaturated/α-hetero) is 1. The number of carbonyl (C=O) groups is 3. The van der Waals surface area contributed by atoms with Crippen LogP contribution in [0.5, 0.6) is 11.5 Å². The molecule has 1 atom stereocenters. The molecule has 1 saturated heterocycles. The number of hydrogen-bond acceptors (Lipinski definition) is 7. The van der Waals surface area contributed by atoms with Crippen molar-refractivity contribution in [2.75, 3.05) is 25.7 Å². The number of aliphatic hydroxyl groups excluding tert-OH is 1. The number of ether oxygens (including phenoxy) is 3. The molecule has 1 N–H and O–H groups in total. The van der Waals surface area contributed by atoms with E-state index in [0.29, 0.717) is 28.3 Å². The minimum Gasteiger partial charge on any atom is -0.507 e. The number of esters is 1. The second-order valence-corrected chi connectivity index (χ2v) is 7.95. The van der Waals surface area contributed by atoms with E-state index in [1.54, 1.807) is 73.7 Å². The summed E-state index contributed by atoms with van der Waals surface area (Å²) in [7, 11) is 3.00. The van der Waals surface area contributed by atoms with Crippen LogP contribution >= 0.6 is 0 Å². The fourth-order valence-corrected chi connectivity index (χ4v) is 4.15. The van der Waals surface area contributed by atoms with Crippen LogP contribution in [0.25, 0.3) is 5.76 Å². The van der Waals surface area contributed by atoms with Gasteiger partial charge in [-0.05, 0) is 55.0 Å². The molecule has 1 unspecified atom stereocenters. The Morgan fingerprint density at radius 1 is 0.889 bits per heavy atom. The molecular formula is C28H25NO7. The summed E-state index contributed by atoms with van der Waals surface area (Å²) in [4.78, 5) is 40.3. The van der Waals surface area contributed by atoms with Gasteiger partial charge in [-0.25, -0.2) is 4.79 Å². The molecule has 0 spiro atoms. The highest BCUT2D eigenvalue weighted by Gasteiger charge is 2.47. The Morgan fingerprint density at radius 3 is 2.22 bits per heavy atom. The van der Waals surface area contributed by atoms with Crippen molar-refractivity contribution in [1.82, 2.24) is 0 Å². The fraction of sp³-hybridized carbons (Fsp3) is 0.179. The maximum absolute atomic E-state index is 13.4. The molecular weight excluding hydrogens is 462 g/mol. The Labute approximate surface area is 208 Å². The van der Waals surface area contributed by atoms with Crippen molar-refractivity contribution in [2.45, 2.75) is 13.0 Å². The molecule has 36 heavy (non-hydrogen) atoms. The van der Waals surface area contributed by atoms with E-state index in [1.807, 2.05) is 0 Å². The summed E-state index contributed by atoms with van der Waals surface area (Å²) in [6.45, 7) is 1.89. The highest BCUT2D eigenvalue weighted by Crippen LogP contribution is 2.43. The topological polar surface area (TPSA) is 102 Å². The van der Waals surface area contributed by atoms with E-state index in [-0.39, 0.29) is 23.5 Å². The summed E-state index contributed by atoms with van der Waals surface area (Å²) in [6.07, 6.45) is 0. The predicted octanol–water partition coefficient (Wildman–Crippen LogP) is 4.51. The lowest BCUT2D eigenvalue weighted by Crippen LogP contribution is -2.29. The highest BCUT2D eigenvalue weighted by molar-refractivity contribution is 6.51. The third kappa shape index (κ3) is 4.53. The number of carbonyl (C=O) groups excluding carboxylic acids is 3. The maximum atomic E-state index is 13.4. The van der Waals surface area contributed by atoms with Crippen LogP contribution in [-0.4, -0.2) is 43.6 Å². The summed E-state index contributed by atoms with van der Waals surface area (Å²) in [5.41, 5.74) is 1.30. The molecule has 0 bridgehead atoms. The summed E-state index contributed by atoms with van der Waals surface area (Å²) < 4.78 is 15.7. The van der Waals surface area contributed by atoms with Crippen LogP contribution in [0.4, 0.5) is 5.69 Å². The van der Waals surface area contributed by atoms with Crippen LogP contribution in [0.1, 0.15) is 34.5 Å². The summed E-state index contributed by atoms with van der Waals surface area (Å²) in [5, 5.41) is 11.3. The largest absolute Gasteiger partial charge is 0.507 e. The van der Waals surface area contributed by atoms with Crippen LogP contribution in [0.3, 0.4) is 0 Å². The molecule has 184 valence electrons. The molecule has 0 saturated carbocycles. The molecule has 1 amide bonds. The van der Waals surface area contributed by atoms with Gasteiger partial charge in [-0.2, -0.15) is 0 Å². The molecule has 4 rings (SSSR count). The van der Waals surface area contributed by atoms with Crippen LogP contribution in [-0.2, 0) is 14.3 Å². The number of methoxy groups -OCH3 is 2. The second kappa shape index (κ2) is 10.4. The second-order valence-electron chi connectivity index (χ2n) is 7.95. The first-order valence-electron chi connectivity index (χ1n) is 11.3. The first-order chi connectivity index (χ1) is 17.4. The van der Waals surface area contributed by atoms with Crippen LogP contribution in [0, 0.1) is 0 Å². The first-order valence-corrected chi connectivity index (χ1v) is 11.3. The van der Waals surface area contributed by atoms with Crippen molar-refractivity contribution in [3.8, 4) is 11.5 Å². The third-order valence-corrected chi connectivity index (χ3v) is 5.83. The molecule has 1 aliphatic rings. The Balaban J connectivity index is 1.93. The lowest BCUT2D eigenvalue weighted by Gasteiger charge is -2.26. The van der Waals surface area contributed by atoms with E-state index in [9.17, 15) is 19.5 Å². The van der Waals surface area contributed by atoms with Gasteiger partial charge < -0.3 is 19.3 Å². The Morgan fingerprint density at radius 2 is 1.53 bits per heavy atom. The molecule has 8 heteroatoms. The van der Waals surface area contributed by atoms with Crippen molar-refractivity contribution in [1.29, 1.82) is 0 Å². The summed E-state index contributed by atoms with van der Waals surface area (Å²) in [6, 6.07) is 18.8. The van der Waals surface area contributed by atoms with Crippen molar-refractivity contribution in [3.05, 3.63) is 95.1 Å². The van der Waals surface area contributed by atoms with Gasteiger partial charge in [0.1, 0.15) is 17.3 Å². The van der Waals surface area contributed by atoms with E-state index in [4.69, 9.17) is 14.2 Å². The van der Waals surface area contributed by atoms with E-state index in [1.165, 1.54) is 25.2 Å². The van der Waals surface area contributed by atoms with Gasteiger partial charge in [0.25, 0.3) is 11.7 Å². The lowest BCUT2D eigenvalue weighted by molar-refractivity contribution is -0.132. The predicted molar refractivity (Wildman–Crippen MR) is 133 cm³/mol. The molecule has 0 aromatic heterocycles. The Hall–Kier alpha value is -4.59. The normalized spacial score (nSPS) is 16.6. The zero-order chi connectivity index (χ0) is 25.8. The van der Waals surface area contributed by atoms with E-state index >= 15 is 0 Å². The van der Waals surface area contributed by atoms with Gasteiger partial charge in [-0.1, -0.05) is 30.3 Å². The van der Waals surface area contributed by atoms with E-state index in [2.05, 4.69) is 0 Å². The number of aliphatic hydroxyl groups is 1. The van der Waals surface area contributed by atoms with Crippen LogP contribution in [0.15, 0.2) is 78.4 Å². The summed E-state index contributed by atoms with van der Waals surface area (Å²) in [5.74, 6) is -1.60. The third-order valence-electron chi connectivity index (χ3n) is 5.83. The van der Waals surface area contributed by atoms with Crippen molar-refractivity contribution < 1.29 is 33.7 Å². The number of hydrogen-bond donors (Lipinski definition) is 1. The average Bonchev–Trinajstić information content (AvgIpc) is 3.18. The SMILES string of the molecule is CCOC(=O)c1cccc(N2C(=O)C(=O)/C(=C(/O)c3cccc(OC)c3)C2c2cccc(OC)c2)c1. The average molecular weight is 488 g/mol. The number of rotatable bonds is 7. The van der Waals surface area contributed by atoms with Gasteiger partial charge in [0.05, 0.1) is 38.0 Å².